The predicted octanol–water partition coefficient (Wildman–Crippen LogP) is 1.40. The number of phenolic OH excluding ortho intramolecular Hbond substituents is 2. The van der Waals surface area contributed by atoms with E-state index in [0.717, 1.165) is 0 Å². The van der Waals surface area contributed by atoms with Crippen LogP contribution in [0.5, 0.6) is 17.2 Å². The van der Waals surface area contributed by atoms with Crippen molar-refractivity contribution in [3.63, 3.8) is 0 Å². The molecule has 208 valence electrons. The molecule has 2 aliphatic carbocycles. The fourth-order valence-corrected chi connectivity index (χ4v) is 6.18. The van der Waals surface area contributed by atoms with E-state index in [1.807, 2.05) is 0 Å². The van der Waals surface area contributed by atoms with E-state index < -0.39 is 87.5 Å². The van der Waals surface area contributed by atoms with Crippen molar-refractivity contribution >= 4 is 33.3 Å². The molecule has 6 N–H and O–H groups in total. The van der Waals surface area contributed by atoms with Crippen LogP contribution in [-0.2, 0) is 20.7 Å². The number of phenols is 2. The summed E-state index contributed by atoms with van der Waals surface area (Å²) in [6, 6.07) is 3.62. The first-order chi connectivity index (χ1) is 18.3. The molecular formula is C27H28BrNO10. The molecule has 1 aliphatic heterocycles. The molecule has 0 saturated carbocycles. The number of ketones is 3. The van der Waals surface area contributed by atoms with Gasteiger partial charge in [-0.25, -0.2) is 0 Å². The highest BCUT2D eigenvalue weighted by Crippen LogP contribution is 2.52. The molecule has 11 nitrogen and oxygen atoms in total. The van der Waals surface area contributed by atoms with E-state index in [1.165, 1.54) is 32.2 Å². The molecule has 2 aromatic rings. The maximum absolute atomic E-state index is 13.7. The lowest BCUT2D eigenvalue weighted by Crippen LogP contribution is -2.59. The van der Waals surface area contributed by atoms with E-state index in [1.54, 1.807) is 6.92 Å². The minimum atomic E-state index is -2.03. The molecule has 0 spiro atoms. The van der Waals surface area contributed by atoms with Gasteiger partial charge in [0.05, 0.1) is 53.0 Å². The number of rotatable bonds is 4. The molecule has 0 radical (unpaired) electrons. The van der Waals surface area contributed by atoms with Gasteiger partial charge in [-0.2, -0.15) is 0 Å². The molecule has 0 bridgehead atoms. The van der Waals surface area contributed by atoms with E-state index >= 15 is 0 Å². The Morgan fingerprint density at radius 1 is 1.15 bits per heavy atom. The summed E-state index contributed by atoms with van der Waals surface area (Å²) in [5.41, 5.74) is 2.96. The second-order valence-electron chi connectivity index (χ2n) is 10.2. The van der Waals surface area contributed by atoms with E-state index in [2.05, 4.69) is 15.9 Å². The van der Waals surface area contributed by atoms with Gasteiger partial charge < -0.3 is 40.4 Å². The van der Waals surface area contributed by atoms with Crippen LogP contribution in [0.25, 0.3) is 0 Å². The normalized spacial score (nSPS) is 31.8. The third-order valence-corrected chi connectivity index (χ3v) is 8.92. The average Bonchev–Trinajstić information content (AvgIpc) is 2.90. The largest absolute Gasteiger partial charge is 0.507 e. The van der Waals surface area contributed by atoms with Gasteiger partial charge in [-0.15, -0.1) is 0 Å². The van der Waals surface area contributed by atoms with Crippen LogP contribution in [0.1, 0.15) is 69.3 Å². The van der Waals surface area contributed by atoms with Crippen LogP contribution in [0, 0.1) is 0 Å². The van der Waals surface area contributed by atoms with Gasteiger partial charge in [0.25, 0.3) is 0 Å². The summed E-state index contributed by atoms with van der Waals surface area (Å²) in [6.07, 6.45) is -4.92. The lowest BCUT2D eigenvalue weighted by molar-refractivity contribution is -0.242. The molecule has 7 atom stereocenters. The van der Waals surface area contributed by atoms with Gasteiger partial charge in [0, 0.05) is 29.5 Å². The smallest absolute Gasteiger partial charge is 0.202 e. The molecule has 2 aromatic carbocycles. The molecule has 0 unspecified atom stereocenters. The second kappa shape index (κ2) is 9.65. The molecule has 0 amide bonds. The SMILES string of the molecule is COc1cccc2c1C(=O)c1c(O)c3c(c(O)c1C2=O)C[C@@](O)(C(C)=O)C[C@@H]3O[C@@H]1O[C@@H](C)[C@H](O)[C@@H](N)[C@H]1Br. The first kappa shape index (κ1) is 27.7. The number of Topliss-reactive ketones (excluding diaryl/α,β-unsaturated/α-hetero) is 1. The highest BCUT2D eigenvalue weighted by molar-refractivity contribution is 9.09. The van der Waals surface area contributed by atoms with Crippen molar-refractivity contribution < 1.29 is 49.0 Å². The van der Waals surface area contributed by atoms with Crippen LogP contribution in [0.2, 0.25) is 0 Å². The number of aromatic hydroxyl groups is 2. The van der Waals surface area contributed by atoms with Crippen molar-refractivity contribution in [2.24, 2.45) is 5.73 Å². The number of benzene rings is 2. The standard InChI is InChI=1S/C27H28BrNO10/c1-9-21(31)20(29)19(28)26(38-9)39-14-8-27(36,10(2)30)7-12-16(14)25(35)18-17(23(12)33)22(32)11-5-4-6-13(37-3)15(11)24(18)34/h4-6,9,14,19-21,26,31,33,35-36H,7-8,29H2,1-3H3/t9-,14-,19+,20-,21-,26-,27-/m0/s1. The predicted molar refractivity (Wildman–Crippen MR) is 138 cm³/mol. The van der Waals surface area contributed by atoms with Gasteiger partial charge in [0.1, 0.15) is 22.8 Å². The summed E-state index contributed by atoms with van der Waals surface area (Å²) in [5.74, 6) is -3.25. The van der Waals surface area contributed by atoms with Crippen molar-refractivity contribution in [3.8, 4) is 17.2 Å². The fraction of sp³-hybridized carbons (Fsp3) is 0.444. The third kappa shape index (κ3) is 4.09. The summed E-state index contributed by atoms with van der Waals surface area (Å²) < 4.78 is 17.2. The van der Waals surface area contributed by atoms with Crippen LogP contribution < -0.4 is 10.5 Å². The van der Waals surface area contributed by atoms with Crippen LogP contribution in [-0.4, -0.2) is 79.9 Å². The number of hydrogen-bond acceptors (Lipinski definition) is 11. The summed E-state index contributed by atoms with van der Waals surface area (Å²) in [6.45, 7) is 2.77. The highest BCUT2D eigenvalue weighted by atomic mass is 79.9. The van der Waals surface area contributed by atoms with Gasteiger partial charge in [0.15, 0.2) is 17.9 Å². The number of methoxy groups -OCH3 is 1. The number of carbonyl (C=O) groups excluding carboxylic acids is 3. The van der Waals surface area contributed by atoms with E-state index in [-0.39, 0.29) is 34.4 Å². The maximum Gasteiger partial charge on any atom is 0.202 e. The van der Waals surface area contributed by atoms with Crippen molar-refractivity contribution in [2.45, 2.75) is 67.8 Å². The van der Waals surface area contributed by atoms with Gasteiger partial charge >= 0.3 is 0 Å². The number of hydrogen-bond donors (Lipinski definition) is 5. The molecule has 12 heteroatoms. The van der Waals surface area contributed by atoms with Gasteiger partial charge in [-0.05, 0) is 19.9 Å². The van der Waals surface area contributed by atoms with E-state index in [9.17, 15) is 34.8 Å². The number of halogens is 1. The van der Waals surface area contributed by atoms with Crippen molar-refractivity contribution in [3.05, 3.63) is 51.6 Å². The number of ether oxygens (including phenoxy) is 3. The Labute approximate surface area is 231 Å². The number of fused-ring (bicyclic) bond motifs is 3. The first-order valence-corrected chi connectivity index (χ1v) is 13.2. The molecule has 0 aromatic heterocycles. The zero-order valence-corrected chi connectivity index (χ0v) is 22.9. The first-order valence-electron chi connectivity index (χ1n) is 12.3. The molecule has 1 fully saturated rings. The Bertz CT molecular complexity index is 1410. The van der Waals surface area contributed by atoms with E-state index in [4.69, 9.17) is 19.9 Å². The number of aliphatic hydroxyl groups is 2. The number of aliphatic hydroxyl groups excluding tert-OH is 1. The maximum atomic E-state index is 13.7. The summed E-state index contributed by atoms with van der Waals surface area (Å²) in [4.78, 5) is 39.0. The Morgan fingerprint density at radius 2 is 1.82 bits per heavy atom. The Morgan fingerprint density at radius 3 is 2.46 bits per heavy atom. The number of carbonyl (C=O) groups is 3. The van der Waals surface area contributed by atoms with Crippen molar-refractivity contribution in [1.29, 1.82) is 0 Å². The molecule has 3 aliphatic rings. The Balaban J connectivity index is 1.70. The zero-order chi connectivity index (χ0) is 28.5. The van der Waals surface area contributed by atoms with Crippen molar-refractivity contribution in [2.75, 3.05) is 7.11 Å². The van der Waals surface area contributed by atoms with Crippen LogP contribution >= 0.6 is 15.9 Å². The third-order valence-electron chi connectivity index (χ3n) is 7.88. The number of nitrogens with two attached hydrogens (primary N) is 1. The van der Waals surface area contributed by atoms with Crippen LogP contribution in [0.3, 0.4) is 0 Å². The molecular weight excluding hydrogens is 578 g/mol. The van der Waals surface area contributed by atoms with Crippen LogP contribution in [0.4, 0.5) is 0 Å². The molecule has 39 heavy (non-hydrogen) atoms. The monoisotopic (exact) mass is 605 g/mol. The van der Waals surface area contributed by atoms with Gasteiger partial charge in [-0.3, -0.25) is 14.4 Å². The summed E-state index contributed by atoms with van der Waals surface area (Å²) >= 11 is 3.37. The lowest BCUT2D eigenvalue weighted by atomic mass is 9.72. The van der Waals surface area contributed by atoms with E-state index in [0.29, 0.717) is 0 Å². The van der Waals surface area contributed by atoms with Crippen molar-refractivity contribution in [1.82, 2.24) is 0 Å². The quantitative estimate of drug-likeness (QED) is 0.214. The molecule has 1 heterocycles. The van der Waals surface area contributed by atoms with Gasteiger partial charge in [0.2, 0.25) is 5.78 Å². The summed E-state index contributed by atoms with van der Waals surface area (Å²) in [7, 11) is 1.34. The topological polar surface area (TPSA) is 186 Å². The lowest BCUT2D eigenvalue weighted by Gasteiger charge is -2.44. The average molecular weight is 606 g/mol. The fourth-order valence-electron chi connectivity index (χ4n) is 5.62. The van der Waals surface area contributed by atoms with Gasteiger partial charge in [-0.1, -0.05) is 28.1 Å². The Hall–Kier alpha value is -2.87. The molecule has 5 rings (SSSR count). The second-order valence-corrected chi connectivity index (χ2v) is 11.3. The highest BCUT2D eigenvalue weighted by Gasteiger charge is 2.50. The Kier molecular flexibility index (Phi) is 6.85. The minimum Gasteiger partial charge on any atom is -0.507 e. The van der Waals surface area contributed by atoms with Crippen LogP contribution in [0.15, 0.2) is 18.2 Å². The zero-order valence-electron chi connectivity index (χ0n) is 21.3. The molecule has 1 saturated heterocycles. The number of alkyl halides is 1. The minimum absolute atomic E-state index is 0.0220. The summed E-state index contributed by atoms with van der Waals surface area (Å²) in [5, 5.41) is 44.4.